The number of hydrogen-bond donors (Lipinski definition) is 2. The molecule has 2 aromatic carbocycles. The second-order valence-corrected chi connectivity index (χ2v) is 8.68. The van der Waals surface area contributed by atoms with Crippen LogP contribution in [0.2, 0.25) is 0 Å². The van der Waals surface area contributed by atoms with Crippen LogP contribution in [0.1, 0.15) is 16.2 Å². The zero-order valence-corrected chi connectivity index (χ0v) is 19.1. The first-order valence-electron chi connectivity index (χ1n) is 9.82. The number of methoxy groups -OCH3 is 1. The summed E-state index contributed by atoms with van der Waals surface area (Å²) in [4.78, 5) is 41.1. The van der Waals surface area contributed by atoms with E-state index in [2.05, 4.69) is 15.6 Å². The summed E-state index contributed by atoms with van der Waals surface area (Å²) in [6.45, 7) is 0. The van der Waals surface area contributed by atoms with Gasteiger partial charge in [-0.3, -0.25) is 19.7 Å². The molecule has 2 aromatic heterocycles. The van der Waals surface area contributed by atoms with Crippen LogP contribution in [0.15, 0.2) is 69.2 Å². The smallest absolute Gasteiger partial charge is 0.293 e. The lowest BCUT2D eigenvalue weighted by Crippen LogP contribution is -2.15. The van der Waals surface area contributed by atoms with Crippen LogP contribution in [0.25, 0.3) is 11.0 Å². The number of benzene rings is 2. The Labute approximate surface area is 197 Å². The normalized spacial score (nSPS) is 10.7. The predicted octanol–water partition coefficient (Wildman–Crippen LogP) is 4.38. The lowest BCUT2D eigenvalue weighted by Gasteiger charge is -2.06. The zero-order chi connectivity index (χ0) is 23.2. The second-order valence-electron chi connectivity index (χ2n) is 6.84. The minimum absolute atomic E-state index is 0.0833. The van der Waals surface area contributed by atoms with Crippen molar-refractivity contribution in [3.05, 3.63) is 81.7 Å². The van der Waals surface area contributed by atoms with Crippen molar-refractivity contribution in [3.63, 3.8) is 0 Å². The average molecular weight is 482 g/mol. The molecule has 168 valence electrons. The van der Waals surface area contributed by atoms with Gasteiger partial charge in [0.15, 0.2) is 16.3 Å². The number of para-hydroxylation sites is 1. The Bertz CT molecular complexity index is 1350. The maximum Gasteiger partial charge on any atom is 0.293 e. The fourth-order valence-corrected chi connectivity index (χ4v) is 4.45. The molecular formula is C23H19N3O5S2. The monoisotopic (exact) mass is 481 g/mol. The zero-order valence-electron chi connectivity index (χ0n) is 17.5. The molecule has 33 heavy (non-hydrogen) atoms. The third-order valence-corrected chi connectivity index (χ3v) is 6.26. The van der Waals surface area contributed by atoms with Crippen molar-refractivity contribution in [3.8, 4) is 5.75 Å². The standard InChI is InChI=1S/C23H19N3O5S2/c1-30-16-8-6-14(7-9-16)24-21(28)13-32-11-15-12-33-23(25-15)26-22(29)20-10-18(27)17-4-2-3-5-19(17)31-20/h2-10,12H,11,13H2,1H3,(H,24,28)(H,25,26,29). The summed E-state index contributed by atoms with van der Waals surface area (Å²) in [5.41, 5.74) is 1.49. The maximum absolute atomic E-state index is 12.5. The molecule has 0 unspecified atom stereocenters. The molecule has 0 radical (unpaired) electrons. The number of thioether (sulfide) groups is 1. The number of fused-ring (bicyclic) bond motifs is 1. The Morgan fingerprint density at radius 3 is 2.70 bits per heavy atom. The van der Waals surface area contributed by atoms with E-state index >= 15 is 0 Å². The molecule has 0 aliphatic heterocycles. The van der Waals surface area contributed by atoms with Gasteiger partial charge in [0, 0.05) is 22.9 Å². The first-order valence-corrected chi connectivity index (χ1v) is 11.9. The first-order chi connectivity index (χ1) is 16.0. The van der Waals surface area contributed by atoms with Crippen LogP contribution in [-0.2, 0) is 10.5 Å². The fraction of sp³-hybridized carbons (Fsp3) is 0.130. The van der Waals surface area contributed by atoms with Crippen LogP contribution in [0.3, 0.4) is 0 Å². The van der Waals surface area contributed by atoms with Crippen molar-refractivity contribution in [1.29, 1.82) is 0 Å². The molecule has 4 aromatic rings. The number of hydrogen-bond acceptors (Lipinski definition) is 8. The molecule has 8 nitrogen and oxygen atoms in total. The molecule has 0 saturated heterocycles. The van der Waals surface area contributed by atoms with E-state index in [4.69, 9.17) is 9.15 Å². The van der Waals surface area contributed by atoms with Crippen molar-refractivity contribution in [2.24, 2.45) is 0 Å². The molecule has 0 spiro atoms. The molecule has 2 N–H and O–H groups in total. The molecular weight excluding hydrogens is 462 g/mol. The number of nitrogens with one attached hydrogen (secondary N) is 2. The highest BCUT2D eigenvalue weighted by Gasteiger charge is 2.14. The topological polar surface area (TPSA) is 111 Å². The highest BCUT2D eigenvalue weighted by Crippen LogP contribution is 2.21. The van der Waals surface area contributed by atoms with Crippen molar-refractivity contribution in [1.82, 2.24) is 4.98 Å². The van der Waals surface area contributed by atoms with Crippen LogP contribution in [0, 0.1) is 0 Å². The van der Waals surface area contributed by atoms with Gasteiger partial charge in [-0.1, -0.05) is 12.1 Å². The number of aromatic nitrogens is 1. The van der Waals surface area contributed by atoms with E-state index in [0.29, 0.717) is 27.5 Å². The molecule has 0 bridgehead atoms. The van der Waals surface area contributed by atoms with E-state index in [1.165, 1.54) is 29.2 Å². The van der Waals surface area contributed by atoms with Crippen LogP contribution in [-0.4, -0.2) is 29.7 Å². The van der Waals surface area contributed by atoms with Crippen molar-refractivity contribution < 1.29 is 18.7 Å². The SMILES string of the molecule is COc1ccc(NC(=O)CSCc2csc(NC(=O)c3cc(=O)c4ccccc4o3)n2)cc1. The van der Waals surface area contributed by atoms with E-state index < -0.39 is 5.91 Å². The molecule has 0 aliphatic rings. The fourth-order valence-electron chi connectivity index (χ4n) is 2.92. The average Bonchev–Trinajstić information content (AvgIpc) is 3.26. The Balaban J connectivity index is 1.28. The Morgan fingerprint density at radius 1 is 1.12 bits per heavy atom. The molecule has 2 amide bonds. The molecule has 0 aliphatic carbocycles. The van der Waals surface area contributed by atoms with Gasteiger partial charge in [-0.15, -0.1) is 23.1 Å². The summed E-state index contributed by atoms with van der Waals surface area (Å²) in [7, 11) is 1.58. The quantitative estimate of drug-likeness (QED) is 0.384. The Hall–Kier alpha value is -3.63. The van der Waals surface area contributed by atoms with Gasteiger partial charge in [0.1, 0.15) is 11.3 Å². The molecule has 2 heterocycles. The van der Waals surface area contributed by atoms with Gasteiger partial charge in [-0.05, 0) is 36.4 Å². The lowest BCUT2D eigenvalue weighted by molar-refractivity contribution is -0.113. The Kier molecular flexibility index (Phi) is 7.06. The number of rotatable bonds is 8. The number of thiazole rings is 1. The first kappa shape index (κ1) is 22.6. The third kappa shape index (κ3) is 5.79. The van der Waals surface area contributed by atoms with E-state index in [-0.39, 0.29) is 22.8 Å². The molecule has 0 fully saturated rings. The summed E-state index contributed by atoms with van der Waals surface area (Å²) in [6, 6.07) is 15.0. The second kappa shape index (κ2) is 10.3. The number of anilines is 2. The van der Waals surface area contributed by atoms with Gasteiger partial charge < -0.3 is 14.5 Å². The summed E-state index contributed by atoms with van der Waals surface area (Å²) >= 11 is 2.66. The van der Waals surface area contributed by atoms with E-state index in [1.54, 1.807) is 61.0 Å². The minimum atomic E-state index is -0.551. The highest BCUT2D eigenvalue weighted by atomic mass is 32.2. The number of ether oxygens (including phenoxy) is 1. The van der Waals surface area contributed by atoms with Crippen LogP contribution >= 0.6 is 23.1 Å². The van der Waals surface area contributed by atoms with Gasteiger partial charge in [0.05, 0.1) is 23.9 Å². The third-order valence-electron chi connectivity index (χ3n) is 4.49. The van der Waals surface area contributed by atoms with Gasteiger partial charge >= 0.3 is 0 Å². The van der Waals surface area contributed by atoms with Crippen LogP contribution < -0.4 is 20.8 Å². The van der Waals surface area contributed by atoms with E-state index in [1.807, 2.05) is 0 Å². The number of carbonyl (C=O) groups is 2. The maximum atomic E-state index is 12.5. The van der Waals surface area contributed by atoms with Crippen molar-refractivity contribution >= 4 is 56.7 Å². The molecule has 0 atom stereocenters. The lowest BCUT2D eigenvalue weighted by atomic mass is 10.2. The summed E-state index contributed by atoms with van der Waals surface area (Å²) in [6.07, 6.45) is 0. The molecule has 4 rings (SSSR count). The van der Waals surface area contributed by atoms with E-state index in [0.717, 1.165) is 11.4 Å². The van der Waals surface area contributed by atoms with Gasteiger partial charge in [-0.2, -0.15) is 0 Å². The predicted molar refractivity (Wildman–Crippen MR) is 130 cm³/mol. The summed E-state index contributed by atoms with van der Waals surface area (Å²) in [5.74, 6) is 0.725. The van der Waals surface area contributed by atoms with Gasteiger partial charge in [-0.25, -0.2) is 4.98 Å². The highest BCUT2D eigenvalue weighted by molar-refractivity contribution is 7.99. The van der Waals surface area contributed by atoms with E-state index in [9.17, 15) is 14.4 Å². The number of carbonyl (C=O) groups excluding carboxylic acids is 2. The minimum Gasteiger partial charge on any atom is -0.497 e. The number of nitrogens with zero attached hydrogens (tertiary/aromatic N) is 1. The largest absolute Gasteiger partial charge is 0.497 e. The number of amides is 2. The van der Waals surface area contributed by atoms with Crippen molar-refractivity contribution in [2.75, 3.05) is 23.5 Å². The molecule has 0 saturated carbocycles. The van der Waals surface area contributed by atoms with Crippen LogP contribution in [0.5, 0.6) is 5.75 Å². The van der Waals surface area contributed by atoms with Gasteiger partial charge in [0.2, 0.25) is 5.91 Å². The van der Waals surface area contributed by atoms with Crippen molar-refractivity contribution in [2.45, 2.75) is 5.75 Å². The Morgan fingerprint density at radius 2 is 1.91 bits per heavy atom. The van der Waals surface area contributed by atoms with Gasteiger partial charge in [0.25, 0.3) is 5.91 Å². The molecule has 10 heteroatoms. The van der Waals surface area contributed by atoms with Crippen LogP contribution in [0.4, 0.5) is 10.8 Å². The summed E-state index contributed by atoms with van der Waals surface area (Å²) < 4.78 is 10.6. The summed E-state index contributed by atoms with van der Waals surface area (Å²) in [5, 5.41) is 8.07.